The Morgan fingerprint density at radius 1 is 1.12 bits per heavy atom. The summed E-state index contributed by atoms with van der Waals surface area (Å²) in [6.45, 7) is 3.34. The first-order valence-electron chi connectivity index (χ1n) is 10.7. The van der Waals surface area contributed by atoms with Gasteiger partial charge in [0.1, 0.15) is 17.7 Å². The molecule has 7 heteroatoms. The first kappa shape index (κ1) is 23.2. The van der Waals surface area contributed by atoms with Crippen LogP contribution in [0.4, 0.5) is 0 Å². The van der Waals surface area contributed by atoms with E-state index in [1.165, 1.54) is 0 Å². The van der Waals surface area contributed by atoms with Gasteiger partial charge in [-0.2, -0.15) is 0 Å². The maximum atomic E-state index is 12.5. The summed E-state index contributed by atoms with van der Waals surface area (Å²) < 4.78 is 5.67. The molecule has 4 rings (SSSR count). The summed E-state index contributed by atoms with van der Waals surface area (Å²) in [6.07, 6.45) is 0. The summed E-state index contributed by atoms with van der Waals surface area (Å²) in [6, 6.07) is 22.8. The number of benzene rings is 3. The van der Waals surface area contributed by atoms with Crippen LogP contribution in [-0.2, 0) is 11.3 Å². The number of amides is 2. The molecule has 3 aromatic carbocycles. The number of thioether (sulfide) groups is 1. The van der Waals surface area contributed by atoms with Gasteiger partial charge < -0.3 is 15.0 Å². The number of carbonyl (C=O) groups is 2. The fourth-order valence-electron chi connectivity index (χ4n) is 3.63. The molecule has 5 nitrogen and oxygen atoms in total. The third-order valence-electron chi connectivity index (χ3n) is 5.34. The van der Waals surface area contributed by atoms with Gasteiger partial charge in [-0.15, -0.1) is 11.8 Å². The van der Waals surface area contributed by atoms with Crippen molar-refractivity contribution >= 4 is 35.2 Å². The van der Waals surface area contributed by atoms with E-state index in [9.17, 15) is 9.59 Å². The first-order valence-corrected chi connectivity index (χ1v) is 12.2. The predicted molar refractivity (Wildman–Crippen MR) is 133 cm³/mol. The highest BCUT2D eigenvalue weighted by molar-refractivity contribution is 8.00. The smallest absolute Gasteiger partial charge is 0.251 e. The van der Waals surface area contributed by atoms with Crippen molar-refractivity contribution in [1.29, 1.82) is 0 Å². The van der Waals surface area contributed by atoms with Crippen molar-refractivity contribution in [2.45, 2.75) is 18.8 Å². The van der Waals surface area contributed by atoms with E-state index >= 15 is 0 Å². The number of carbonyl (C=O) groups excluding carboxylic acids is 2. The molecule has 0 aliphatic carbocycles. The quantitative estimate of drug-likeness (QED) is 0.448. The van der Waals surface area contributed by atoms with Gasteiger partial charge >= 0.3 is 0 Å². The lowest BCUT2D eigenvalue weighted by atomic mass is 10.1. The van der Waals surface area contributed by atoms with Gasteiger partial charge in [0.25, 0.3) is 5.91 Å². The Bertz CT molecular complexity index is 1120. The van der Waals surface area contributed by atoms with E-state index in [4.69, 9.17) is 16.3 Å². The van der Waals surface area contributed by atoms with Gasteiger partial charge in [0.15, 0.2) is 0 Å². The summed E-state index contributed by atoms with van der Waals surface area (Å²) in [5.41, 5.74) is 3.74. The van der Waals surface area contributed by atoms with Crippen molar-refractivity contribution in [3.63, 3.8) is 0 Å². The number of rotatable bonds is 8. The number of nitrogens with one attached hydrogen (secondary N) is 1. The number of ether oxygens (including phenoxy) is 1. The number of aryl methyl sites for hydroxylation is 1. The molecule has 1 N–H and O–H groups in total. The van der Waals surface area contributed by atoms with Crippen LogP contribution in [0.15, 0.2) is 72.8 Å². The third kappa shape index (κ3) is 6.09. The maximum absolute atomic E-state index is 12.5. The highest BCUT2D eigenvalue weighted by atomic mass is 35.5. The molecule has 170 valence electrons. The molecule has 0 bridgehead atoms. The van der Waals surface area contributed by atoms with E-state index in [2.05, 4.69) is 5.32 Å². The Kier molecular flexibility index (Phi) is 7.57. The summed E-state index contributed by atoms with van der Waals surface area (Å²) >= 11 is 7.57. The van der Waals surface area contributed by atoms with Crippen LogP contribution in [0.3, 0.4) is 0 Å². The first-order chi connectivity index (χ1) is 16.0. The van der Waals surface area contributed by atoms with Crippen molar-refractivity contribution < 1.29 is 14.3 Å². The highest BCUT2D eigenvalue weighted by Crippen LogP contribution is 2.39. The average molecular weight is 481 g/mol. The lowest BCUT2D eigenvalue weighted by molar-refractivity contribution is -0.128. The summed E-state index contributed by atoms with van der Waals surface area (Å²) in [7, 11) is 0. The van der Waals surface area contributed by atoms with E-state index in [0.717, 1.165) is 22.4 Å². The van der Waals surface area contributed by atoms with Crippen LogP contribution >= 0.6 is 23.4 Å². The zero-order chi connectivity index (χ0) is 23.2. The summed E-state index contributed by atoms with van der Waals surface area (Å²) in [5, 5.41) is 3.48. The predicted octanol–water partition coefficient (Wildman–Crippen LogP) is 5.23. The minimum Gasteiger partial charge on any atom is -0.492 e. The third-order valence-corrected chi connectivity index (χ3v) is 6.85. The average Bonchev–Trinajstić information content (AvgIpc) is 3.18. The second kappa shape index (κ2) is 10.8. The standard InChI is InChI=1S/C26H25ClN2O3S/c1-18-3-2-4-23(15-18)32-14-13-28-25(31)20-7-9-21(10-8-20)26-29(24(30)17-33-26)16-19-5-11-22(27)12-6-19/h2-12,15,26H,13-14,16-17H2,1H3,(H,28,31)/t26-/m1/s1. The van der Waals surface area contributed by atoms with Gasteiger partial charge in [-0.1, -0.05) is 48.0 Å². The Morgan fingerprint density at radius 2 is 1.88 bits per heavy atom. The van der Waals surface area contributed by atoms with Crippen molar-refractivity contribution in [2.75, 3.05) is 18.9 Å². The maximum Gasteiger partial charge on any atom is 0.251 e. The summed E-state index contributed by atoms with van der Waals surface area (Å²) in [4.78, 5) is 26.8. The van der Waals surface area contributed by atoms with Crippen LogP contribution in [0.25, 0.3) is 0 Å². The Hall–Kier alpha value is -2.96. The van der Waals surface area contributed by atoms with Crippen LogP contribution in [0.1, 0.15) is 32.4 Å². The Labute approximate surface area is 203 Å². The van der Waals surface area contributed by atoms with Crippen molar-refractivity contribution in [3.05, 3.63) is 100 Å². The Morgan fingerprint density at radius 3 is 2.61 bits per heavy atom. The molecular formula is C26H25ClN2O3S. The van der Waals surface area contributed by atoms with Gasteiger partial charge in [0.05, 0.1) is 12.3 Å². The van der Waals surface area contributed by atoms with Crippen molar-refractivity contribution in [2.24, 2.45) is 0 Å². The molecule has 1 heterocycles. The number of hydrogen-bond acceptors (Lipinski definition) is 4. The molecule has 2 amide bonds. The normalized spacial score (nSPS) is 15.5. The fourth-order valence-corrected chi connectivity index (χ4v) is 4.94. The molecule has 1 aliphatic heterocycles. The van der Waals surface area contributed by atoms with Crippen molar-refractivity contribution in [3.8, 4) is 5.75 Å². The monoisotopic (exact) mass is 480 g/mol. The van der Waals surface area contributed by atoms with Gasteiger partial charge in [-0.25, -0.2) is 0 Å². The van der Waals surface area contributed by atoms with Crippen LogP contribution in [-0.4, -0.2) is 35.6 Å². The second-order valence-corrected chi connectivity index (χ2v) is 9.36. The second-order valence-electron chi connectivity index (χ2n) is 7.85. The molecule has 0 aromatic heterocycles. The van der Waals surface area contributed by atoms with E-state index in [1.807, 2.05) is 72.5 Å². The number of nitrogens with zero attached hydrogens (tertiary/aromatic N) is 1. The molecule has 1 fully saturated rings. The van der Waals surface area contributed by atoms with Crippen LogP contribution in [0.5, 0.6) is 5.75 Å². The van der Waals surface area contributed by atoms with E-state index in [0.29, 0.717) is 36.0 Å². The molecular weight excluding hydrogens is 456 g/mol. The van der Waals surface area contributed by atoms with Crippen LogP contribution in [0, 0.1) is 6.92 Å². The molecule has 3 aromatic rings. The number of hydrogen-bond donors (Lipinski definition) is 1. The molecule has 0 saturated carbocycles. The highest BCUT2D eigenvalue weighted by Gasteiger charge is 2.32. The molecule has 33 heavy (non-hydrogen) atoms. The van der Waals surface area contributed by atoms with Gasteiger partial charge in [-0.3, -0.25) is 9.59 Å². The fraction of sp³-hybridized carbons (Fsp3) is 0.231. The zero-order valence-electron chi connectivity index (χ0n) is 18.3. The minimum absolute atomic E-state index is 0.0759. The SMILES string of the molecule is Cc1cccc(OCCNC(=O)c2ccc([C@H]3SCC(=O)N3Cc3ccc(Cl)cc3)cc2)c1. The van der Waals surface area contributed by atoms with E-state index in [-0.39, 0.29) is 17.2 Å². The molecule has 0 unspecified atom stereocenters. The molecule has 1 atom stereocenters. The molecule has 0 spiro atoms. The van der Waals surface area contributed by atoms with Gasteiger partial charge in [0, 0.05) is 17.1 Å². The Balaban J connectivity index is 1.32. The number of halogens is 1. The van der Waals surface area contributed by atoms with Gasteiger partial charge in [0.2, 0.25) is 5.91 Å². The van der Waals surface area contributed by atoms with Crippen LogP contribution in [0.2, 0.25) is 5.02 Å². The lowest BCUT2D eigenvalue weighted by Crippen LogP contribution is -2.28. The lowest BCUT2D eigenvalue weighted by Gasteiger charge is -2.24. The largest absolute Gasteiger partial charge is 0.492 e. The van der Waals surface area contributed by atoms with Crippen molar-refractivity contribution in [1.82, 2.24) is 10.2 Å². The van der Waals surface area contributed by atoms with Gasteiger partial charge in [-0.05, 0) is 60.0 Å². The minimum atomic E-state index is -0.150. The molecule has 1 aliphatic rings. The zero-order valence-corrected chi connectivity index (χ0v) is 19.9. The summed E-state index contributed by atoms with van der Waals surface area (Å²) in [5.74, 6) is 1.19. The van der Waals surface area contributed by atoms with E-state index < -0.39 is 0 Å². The van der Waals surface area contributed by atoms with E-state index in [1.54, 1.807) is 23.9 Å². The molecule has 1 saturated heterocycles. The van der Waals surface area contributed by atoms with Crippen LogP contribution < -0.4 is 10.1 Å². The molecule has 0 radical (unpaired) electrons. The topological polar surface area (TPSA) is 58.6 Å².